The van der Waals surface area contributed by atoms with Gasteiger partial charge >= 0.3 is 6.01 Å². The average Bonchev–Trinajstić information content (AvgIpc) is 2.25. The van der Waals surface area contributed by atoms with Crippen LogP contribution in [0, 0.1) is 0 Å². The zero-order valence-corrected chi connectivity index (χ0v) is 12.4. The number of anilines is 1. The molecule has 1 aromatic rings. The molecule has 0 aromatic carbocycles. The molecule has 19 heavy (non-hydrogen) atoms. The molecule has 2 rings (SSSR count). The summed E-state index contributed by atoms with van der Waals surface area (Å²) in [6.45, 7) is 9.33. The zero-order valence-electron chi connectivity index (χ0n) is 11.6. The van der Waals surface area contributed by atoms with Gasteiger partial charge in [-0.3, -0.25) is 0 Å². The molecule has 2 heterocycles. The summed E-state index contributed by atoms with van der Waals surface area (Å²) in [5.74, 6) is 0.539. The maximum absolute atomic E-state index is 5.93. The van der Waals surface area contributed by atoms with E-state index in [1.165, 1.54) is 0 Å². The van der Waals surface area contributed by atoms with Crippen molar-refractivity contribution in [3.8, 4) is 6.01 Å². The summed E-state index contributed by atoms with van der Waals surface area (Å²) in [6, 6.07) is 0.261. The smallest absolute Gasteiger partial charge is 0.322 e. The highest BCUT2D eigenvalue weighted by atomic mass is 35.5. The summed E-state index contributed by atoms with van der Waals surface area (Å²) in [7, 11) is 0. The standard InChI is InChI=1S/C12H19ClN4O2/c1-7(2)18-12-15-10(13)14-11(16-12)17-5-8(3)19-9(4)6-17/h7-9H,5-6H2,1-4H3/t8-,9+. The van der Waals surface area contributed by atoms with E-state index in [2.05, 4.69) is 15.0 Å². The Morgan fingerprint density at radius 3 is 2.42 bits per heavy atom. The third-order valence-corrected chi connectivity index (χ3v) is 2.79. The van der Waals surface area contributed by atoms with Crippen molar-refractivity contribution in [2.75, 3.05) is 18.0 Å². The Balaban J connectivity index is 2.21. The van der Waals surface area contributed by atoms with Crippen LogP contribution in [-0.2, 0) is 4.74 Å². The molecule has 0 bridgehead atoms. The number of hydrogen-bond acceptors (Lipinski definition) is 6. The van der Waals surface area contributed by atoms with E-state index < -0.39 is 0 Å². The van der Waals surface area contributed by atoms with E-state index in [1.54, 1.807) is 0 Å². The van der Waals surface area contributed by atoms with Gasteiger partial charge in [0.05, 0.1) is 18.3 Å². The molecule has 0 amide bonds. The normalized spacial score (nSPS) is 23.8. The van der Waals surface area contributed by atoms with E-state index in [0.717, 1.165) is 13.1 Å². The Hall–Kier alpha value is -1.14. The van der Waals surface area contributed by atoms with Gasteiger partial charge in [-0.15, -0.1) is 0 Å². The lowest BCUT2D eigenvalue weighted by atomic mass is 10.2. The summed E-state index contributed by atoms with van der Waals surface area (Å²) in [5.41, 5.74) is 0. The van der Waals surface area contributed by atoms with Crippen molar-refractivity contribution >= 4 is 17.5 Å². The van der Waals surface area contributed by atoms with Gasteiger partial charge in [-0.25, -0.2) is 0 Å². The van der Waals surface area contributed by atoms with Crippen molar-refractivity contribution < 1.29 is 9.47 Å². The van der Waals surface area contributed by atoms with Gasteiger partial charge in [0.15, 0.2) is 0 Å². The molecule has 0 unspecified atom stereocenters. The van der Waals surface area contributed by atoms with Gasteiger partial charge in [-0.1, -0.05) is 0 Å². The lowest BCUT2D eigenvalue weighted by Gasteiger charge is -2.35. The molecule has 106 valence electrons. The minimum atomic E-state index is -0.00569. The second-order valence-electron chi connectivity index (χ2n) is 5.02. The van der Waals surface area contributed by atoms with Crippen LogP contribution in [0.15, 0.2) is 0 Å². The van der Waals surface area contributed by atoms with Crippen molar-refractivity contribution in [2.45, 2.75) is 46.0 Å². The molecule has 0 radical (unpaired) electrons. The molecule has 1 aliphatic heterocycles. The predicted octanol–water partition coefficient (Wildman–Crippen LogP) is 1.93. The van der Waals surface area contributed by atoms with Crippen LogP contribution in [0.1, 0.15) is 27.7 Å². The SMILES string of the molecule is CC(C)Oc1nc(Cl)nc(N2C[C@@H](C)O[C@@H](C)C2)n1. The number of morpholine rings is 1. The maximum atomic E-state index is 5.93. The van der Waals surface area contributed by atoms with Crippen LogP contribution in [0.25, 0.3) is 0 Å². The van der Waals surface area contributed by atoms with Gasteiger partial charge < -0.3 is 14.4 Å². The van der Waals surface area contributed by atoms with Crippen LogP contribution in [0.4, 0.5) is 5.95 Å². The lowest BCUT2D eigenvalue weighted by Crippen LogP contribution is -2.46. The summed E-state index contributed by atoms with van der Waals surface area (Å²) < 4.78 is 11.2. The fourth-order valence-electron chi connectivity index (χ4n) is 2.07. The van der Waals surface area contributed by atoms with Crippen molar-refractivity contribution in [3.63, 3.8) is 0 Å². The summed E-state index contributed by atoms with van der Waals surface area (Å²) >= 11 is 5.93. The zero-order chi connectivity index (χ0) is 14.0. The highest BCUT2D eigenvalue weighted by Gasteiger charge is 2.25. The Kier molecular flexibility index (Phi) is 4.42. The highest BCUT2D eigenvalue weighted by Crippen LogP contribution is 2.20. The van der Waals surface area contributed by atoms with Crippen molar-refractivity contribution in [1.29, 1.82) is 0 Å². The molecule has 1 aromatic heterocycles. The second kappa shape index (κ2) is 5.88. The van der Waals surface area contributed by atoms with Crippen molar-refractivity contribution in [3.05, 3.63) is 5.28 Å². The van der Waals surface area contributed by atoms with Gasteiger partial charge in [0.1, 0.15) is 0 Å². The molecule has 7 heteroatoms. The minimum absolute atomic E-state index is 0.00569. The van der Waals surface area contributed by atoms with Gasteiger partial charge in [0.25, 0.3) is 0 Å². The van der Waals surface area contributed by atoms with Gasteiger partial charge in [0, 0.05) is 13.1 Å². The summed E-state index contributed by atoms with van der Waals surface area (Å²) in [4.78, 5) is 14.5. The molecule has 0 N–H and O–H groups in total. The topological polar surface area (TPSA) is 60.4 Å². The first-order valence-electron chi connectivity index (χ1n) is 6.42. The molecule has 1 fully saturated rings. The molecular weight excluding hydrogens is 268 g/mol. The Morgan fingerprint density at radius 1 is 1.21 bits per heavy atom. The van der Waals surface area contributed by atoms with Gasteiger partial charge in [-0.05, 0) is 39.3 Å². The number of ether oxygens (including phenoxy) is 2. The molecular formula is C12H19ClN4O2. The molecule has 1 saturated heterocycles. The van der Waals surface area contributed by atoms with E-state index in [1.807, 2.05) is 32.6 Å². The van der Waals surface area contributed by atoms with E-state index in [4.69, 9.17) is 21.1 Å². The van der Waals surface area contributed by atoms with E-state index in [-0.39, 0.29) is 29.6 Å². The van der Waals surface area contributed by atoms with E-state index in [9.17, 15) is 0 Å². The van der Waals surface area contributed by atoms with Crippen molar-refractivity contribution in [1.82, 2.24) is 15.0 Å². The van der Waals surface area contributed by atoms with Crippen LogP contribution in [0.2, 0.25) is 5.28 Å². The van der Waals surface area contributed by atoms with Crippen LogP contribution in [-0.4, -0.2) is 46.4 Å². The second-order valence-corrected chi connectivity index (χ2v) is 5.35. The third kappa shape index (κ3) is 3.91. The van der Waals surface area contributed by atoms with Gasteiger partial charge in [-0.2, -0.15) is 15.0 Å². The molecule has 2 atom stereocenters. The first kappa shape index (κ1) is 14.3. The number of aromatic nitrogens is 3. The van der Waals surface area contributed by atoms with Crippen LogP contribution in [0.5, 0.6) is 6.01 Å². The van der Waals surface area contributed by atoms with Crippen LogP contribution in [0.3, 0.4) is 0 Å². The fraction of sp³-hybridized carbons (Fsp3) is 0.750. The first-order chi connectivity index (χ1) is 8.94. The van der Waals surface area contributed by atoms with Crippen LogP contribution < -0.4 is 9.64 Å². The number of rotatable bonds is 3. The fourth-order valence-corrected chi connectivity index (χ4v) is 2.22. The Bertz CT molecular complexity index is 434. The lowest BCUT2D eigenvalue weighted by molar-refractivity contribution is -0.00579. The predicted molar refractivity (Wildman–Crippen MR) is 72.8 cm³/mol. The summed E-state index contributed by atoms with van der Waals surface area (Å²) in [5, 5.41) is 0.146. The summed E-state index contributed by atoms with van der Waals surface area (Å²) in [6.07, 6.45) is 0.261. The molecule has 6 nitrogen and oxygen atoms in total. The first-order valence-corrected chi connectivity index (χ1v) is 6.80. The Morgan fingerprint density at radius 2 is 1.84 bits per heavy atom. The maximum Gasteiger partial charge on any atom is 0.322 e. The number of hydrogen-bond donors (Lipinski definition) is 0. The molecule has 0 spiro atoms. The number of halogens is 1. The van der Waals surface area contributed by atoms with Crippen LogP contribution >= 0.6 is 11.6 Å². The quantitative estimate of drug-likeness (QED) is 0.846. The monoisotopic (exact) mass is 286 g/mol. The molecule has 0 saturated carbocycles. The average molecular weight is 287 g/mol. The molecule has 1 aliphatic rings. The van der Waals surface area contributed by atoms with E-state index >= 15 is 0 Å². The number of nitrogens with zero attached hydrogens (tertiary/aromatic N) is 4. The Labute approximate surface area is 118 Å². The van der Waals surface area contributed by atoms with Gasteiger partial charge in [0.2, 0.25) is 11.2 Å². The van der Waals surface area contributed by atoms with Crippen molar-refractivity contribution in [2.24, 2.45) is 0 Å². The highest BCUT2D eigenvalue weighted by molar-refractivity contribution is 6.28. The largest absolute Gasteiger partial charge is 0.461 e. The molecule has 0 aliphatic carbocycles. The van der Waals surface area contributed by atoms with E-state index in [0.29, 0.717) is 5.95 Å². The minimum Gasteiger partial charge on any atom is -0.461 e. The third-order valence-electron chi connectivity index (χ3n) is 2.62.